The smallest absolute Gasteiger partial charge is 0.395 e. The van der Waals surface area contributed by atoms with Crippen molar-refractivity contribution < 1.29 is 23.1 Å². The molecule has 2 aromatic rings. The fraction of sp³-hybridized carbons (Fsp3) is 0.500. The fourth-order valence-electron chi connectivity index (χ4n) is 2.06. The summed E-state index contributed by atoms with van der Waals surface area (Å²) in [5.41, 5.74) is 0.715. The van der Waals surface area contributed by atoms with Gasteiger partial charge in [0.1, 0.15) is 11.4 Å². The molecule has 0 bridgehead atoms. The van der Waals surface area contributed by atoms with Crippen LogP contribution in [0.25, 0.3) is 10.2 Å². The summed E-state index contributed by atoms with van der Waals surface area (Å²) in [6.07, 6.45) is -4.50. The lowest BCUT2D eigenvalue weighted by molar-refractivity contribution is -0.141. The molecule has 0 spiro atoms. The Morgan fingerprint density at radius 3 is 2.71 bits per heavy atom. The maximum Gasteiger partial charge on any atom is 0.406 e. The Morgan fingerprint density at radius 1 is 1.52 bits per heavy atom. The van der Waals surface area contributed by atoms with E-state index in [-0.39, 0.29) is 11.4 Å². The monoisotopic (exact) mass is 321 g/mol. The van der Waals surface area contributed by atoms with E-state index in [2.05, 4.69) is 5.10 Å². The van der Waals surface area contributed by atoms with Crippen molar-refractivity contribution >= 4 is 27.5 Å². The van der Waals surface area contributed by atoms with Crippen molar-refractivity contribution in [2.45, 2.75) is 13.1 Å². The molecule has 1 amide bonds. The van der Waals surface area contributed by atoms with E-state index < -0.39 is 25.2 Å². The quantitative estimate of drug-likeness (QED) is 0.936. The number of nitrogens with zero attached hydrogens (tertiary/aromatic N) is 3. The number of halogens is 3. The SMILES string of the molecule is Cc1nn(C)c2sc(C(=O)N(CCO)CC(F)(F)F)cc12. The molecule has 2 heterocycles. The molecule has 2 rings (SSSR count). The average Bonchev–Trinajstić information content (AvgIpc) is 2.89. The van der Waals surface area contributed by atoms with E-state index >= 15 is 0 Å². The highest BCUT2D eigenvalue weighted by molar-refractivity contribution is 7.20. The summed E-state index contributed by atoms with van der Waals surface area (Å²) in [6.45, 7) is -0.487. The molecule has 0 aromatic carbocycles. The number of hydrogen-bond donors (Lipinski definition) is 1. The van der Waals surface area contributed by atoms with Gasteiger partial charge < -0.3 is 10.0 Å². The fourth-order valence-corrected chi connectivity index (χ4v) is 3.15. The van der Waals surface area contributed by atoms with Crippen LogP contribution in [0.3, 0.4) is 0 Å². The van der Waals surface area contributed by atoms with Crippen LogP contribution in [-0.4, -0.2) is 51.6 Å². The molecular formula is C12H14F3N3O2S. The van der Waals surface area contributed by atoms with Crippen LogP contribution in [-0.2, 0) is 7.05 Å². The Kier molecular flexibility index (Phi) is 4.24. The summed E-state index contributed by atoms with van der Waals surface area (Å²) >= 11 is 1.09. The number of carbonyl (C=O) groups is 1. The van der Waals surface area contributed by atoms with Crippen LogP contribution in [0.2, 0.25) is 0 Å². The third kappa shape index (κ3) is 3.35. The van der Waals surface area contributed by atoms with Crippen LogP contribution in [0.4, 0.5) is 13.2 Å². The maximum atomic E-state index is 12.5. The predicted octanol–water partition coefficient (Wildman–Crippen LogP) is 1.94. The highest BCUT2D eigenvalue weighted by Crippen LogP contribution is 2.29. The molecule has 0 aliphatic carbocycles. The van der Waals surface area contributed by atoms with Crippen LogP contribution >= 0.6 is 11.3 Å². The van der Waals surface area contributed by atoms with Gasteiger partial charge >= 0.3 is 6.18 Å². The molecule has 0 unspecified atom stereocenters. The number of alkyl halides is 3. The zero-order valence-electron chi connectivity index (χ0n) is 11.4. The molecule has 0 aliphatic heterocycles. The topological polar surface area (TPSA) is 58.4 Å². The Labute approximate surface area is 122 Å². The van der Waals surface area contributed by atoms with E-state index in [1.54, 1.807) is 24.7 Å². The van der Waals surface area contributed by atoms with E-state index in [0.717, 1.165) is 21.6 Å². The standard InChI is InChI=1S/C12H14F3N3O2S/c1-7-8-5-9(21-11(8)17(2)16-7)10(20)18(3-4-19)6-12(13,14)15/h5,19H,3-4,6H2,1-2H3. The second-order valence-electron chi connectivity index (χ2n) is 4.60. The molecular weight excluding hydrogens is 307 g/mol. The summed E-state index contributed by atoms with van der Waals surface area (Å²) in [5, 5.41) is 13.8. The first-order chi connectivity index (χ1) is 9.73. The van der Waals surface area contributed by atoms with Gasteiger partial charge in [-0.1, -0.05) is 0 Å². The zero-order valence-corrected chi connectivity index (χ0v) is 12.3. The molecule has 0 saturated heterocycles. The minimum atomic E-state index is -4.50. The average molecular weight is 321 g/mol. The predicted molar refractivity (Wildman–Crippen MR) is 72.4 cm³/mol. The largest absolute Gasteiger partial charge is 0.406 e. The van der Waals surface area contributed by atoms with Gasteiger partial charge in [0.25, 0.3) is 5.91 Å². The molecule has 9 heteroatoms. The lowest BCUT2D eigenvalue weighted by Crippen LogP contribution is -2.40. The molecule has 1 N–H and O–H groups in total. The number of rotatable bonds is 4. The van der Waals surface area contributed by atoms with Crippen LogP contribution in [0.15, 0.2) is 6.07 Å². The Bertz CT molecular complexity index is 628. The molecule has 21 heavy (non-hydrogen) atoms. The van der Waals surface area contributed by atoms with Gasteiger partial charge in [-0.05, 0) is 13.0 Å². The van der Waals surface area contributed by atoms with E-state index in [1.165, 1.54) is 0 Å². The van der Waals surface area contributed by atoms with E-state index in [0.29, 0.717) is 10.6 Å². The Morgan fingerprint density at radius 2 is 2.19 bits per heavy atom. The molecule has 0 saturated carbocycles. The van der Waals surface area contributed by atoms with Crippen molar-refractivity contribution in [3.8, 4) is 0 Å². The van der Waals surface area contributed by atoms with E-state index in [9.17, 15) is 18.0 Å². The van der Waals surface area contributed by atoms with Crippen LogP contribution in [0, 0.1) is 6.92 Å². The van der Waals surface area contributed by atoms with Crippen LogP contribution in [0.5, 0.6) is 0 Å². The normalized spacial score (nSPS) is 12.1. The highest BCUT2D eigenvalue weighted by Gasteiger charge is 2.33. The number of fused-ring (bicyclic) bond motifs is 1. The van der Waals surface area contributed by atoms with E-state index in [1.807, 2.05) is 0 Å². The summed E-state index contributed by atoms with van der Waals surface area (Å²) in [7, 11) is 1.71. The highest BCUT2D eigenvalue weighted by atomic mass is 32.1. The van der Waals surface area contributed by atoms with Crippen molar-refractivity contribution in [3.05, 3.63) is 16.6 Å². The first kappa shape index (κ1) is 15.8. The summed E-state index contributed by atoms with van der Waals surface area (Å²) in [5.74, 6) is -0.734. The van der Waals surface area contributed by atoms with Crippen molar-refractivity contribution in [1.29, 1.82) is 0 Å². The van der Waals surface area contributed by atoms with Crippen molar-refractivity contribution in [2.24, 2.45) is 7.05 Å². The number of hydrogen-bond acceptors (Lipinski definition) is 4. The van der Waals surface area contributed by atoms with Gasteiger partial charge in [-0.25, -0.2) is 0 Å². The number of amides is 1. The van der Waals surface area contributed by atoms with Crippen molar-refractivity contribution in [3.63, 3.8) is 0 Å². The Hall–Kier alpha value is -1.61. The van der Waals surface area contributed by atoms with E-state index in [4.69, 9.17) is 5.11 Å². The van der Waals surface area contributed by atoms with Crippen LogP contribution < -0.4 is 0 Å². The molecule has 0 atom stereocenters. The van der Waals surface area contributed by atoms with Crippen molar-refractivity contribution in [1.82, 2.24) is 14.7 Å². The second-order valence-corrected chi connectivity index (χ2v) is 5.63. The third-order valence-corrected chi connectivity index (χ3v) is 4.12. The van der Waals surface area contributed by atoms with Gasteiger partial charge in [0, 0.05) is 19.0 Å². The van der Waals surface area contributed by atoms with Gasteiger partial charge in [0.05, 0.1) is 17.2 Å². The number of aromatic nitrogens is 2. The van der Waals surface area contributed by atoms with Crippen LogP contribution in [0.1, 0.15) is 15.4 Å². The maximum absolute atomic E-state index is 12.5. The summed E-state index contributed by atoms with van der Waals surface area (Å²) in [4.78, 5) is 13.7. The Balaban J connectivity index is 2.32. The van der Waals surface area contributed by atoms with Gasteiger partial charge in [-0.15, -0.1) is 11.3 Å². The molecule has 2 aromatic heterocycles. The molecule has 0 fully saturated rings. The molecule has 5 nitrogen and oxygen atoms in total. The number of aliphatic hydroxyl groups excluding tert-OH is 1. The van der Waals surface area contributed by atoms with Gasteiger partial charge in [0.15, 0.2) is 0 Å². The number of thiophene rings is 1. The molecule has 0 aliphatic rings. The number of carbonyl (C=O) groups excluding carboxylic acids is 1. The second kappa shape index (κ2) is 5.64. The van der Waals surface area contributed by atoms with Gasteiger partial charge in [0.2, 0.25) is 0 Å². The number of aryl methyl sites for hydroxylation is 2. The first-order valence-corrected chi connectivity index (χ1v) is 6.94. The lowest BCUT2D eigenvalue weighted by Gasteiger charge is -2.22. The van der Waals surface area contributed by atoms with Gasteiger partial charge in [-0.3, -0.25) is 9.48 Å². The molecule has 0 radical (unpaired) electrons. The molecule has 116 valence electrons. The summed E-state index contributed by atoms with van der Waals surface area (Å²) < 4.78 is 39.1. The zero-order chi connectivity index (χ0) is 15.8. The summed E-state index contributed by atoms with van der Waals surface area (Å²) in [6, 6.07) is 1.55. The minimum absolute atomic E-state index is 0.207. The third-order valence-electron chi connectivity index (χ3n) is 2.93. The minimum Gasteiger partial charge on any atom is -0.395 e. The van der Waals surface area contributed by atoms with Crippen molar-refractivity contribution in [2.75, 3.05) is 19.7 Å². The first-order valence-electron chi connectivity index (χ1n) is 6.13. The number of aliphatic hydroxyl groups is 1. The lowest BCUT2D eigenvalue weighted by atomic mass is 10.3. The van der Waals surface area contributed by atoms with Gasteiger partial charge in [-0.2, -0.15) is 18.3 Å².